The Morgan fingerprint density at radius 1 is 1.62 bits per heavy atom. The van der Waals surface area contributed by atoms with Gasteiger partial charge in [-0.05, 0) is 5.92 Å². The van der Waals surface area contributed by atoms with Gasteiger partial charge in [-0.25, -0.2) is 4.98 Å². The zero-order valence-corrected chi connectivity index (χ0v) is 9.82. The minimum absolute atomic E-state index is 0.506. The van der Waals surface area contributed by atoms with Crippen molar-refractivity contribution >= 4 is 28.1 Å². The van der Waals surface area contributed by atoms with Gasteiger partial charge in [0.1, 0.15) is 0 Å². The Labute approximate surface area is 88.5 Å². The van der Waals surface area contributed by atoms with Gasteiger partial charge in [0.15, 0.2) is 5.13 Å². The fraction of sp³-hybridized carbons (Fsp3) is 0.667. The summed E-state index contributed by atoms with van der Waals surface area (Å²) in [5.41, 5.74) is 0.970. The summed E-state index contributed by atoms with van der Waals surface area (Å²) < 4.78 is 0. The Morgan fingerprint density at radius 3 is 2.77 bits per heavy atom. The molecule has 0 saturated carbocycles. The predicted molar refractivity (Wildman–Crippen MR) is 59.8 cm³/mol. The van der Waals surface area contributed by atoms with Crippen LogP contribution < -0.4 is 4.90 Å². The topological polar surface area (TPSA) is 16.1 Å². The number of anilines is 1. The summed E-state index contributed by atoms with van der Waals surface area (Å²) in [5, 5.41) is 3.07. The molecular formula is C9H15ClN2S. The van der Waals surface area contributed by atoms with Crippen molar-refractivity contribution in [2.24, 2.45) is 5.92 Å². The van der Waals surface area contributed by atoms with Crippen LogP contribution in [0.3, 0.4) is 0 Å². The van der Waals surface area contributed by atoms with Crippen molar-refractivity contribution in [1.82, 2.24) is 4.98 Å². The normalized spacial score (nSPS) is 10.8. The van der Waals surface area contributed by atoms with E-state index in [-0.39, 0.29) is 0 Å². The summed E-state index contributed by atoms with van der Waals surface area (Å²) in [6, 6.07) is 0. The molecule has 0 amide bonds. The van der Waals surface area contributed by atoms with E-state index in [0.717, 1.165) is 17.4 Å². The second-order valence-electron chi connectivity index (χ2n) is 3.53. The molecule has 0 aliphatic heterocycles. The van der Waals surface area contributed by atoms with Gasteiger partial charge in [0, 0.05) is 19.0 Å². The fourth-order valence-corrected chi connectivity index (χ4v) is 2.19. The van der Waals surface area contributed by atoms with Crippen LogP contribution in [0.4, 0.5) is 5.13 Å². The minimum atomic E-state index is 0.506. The van der Waals surface area contributed by atoms with Gasteiger partial charge >= 0.3 is 0 Å². The molecule has 4 heteroatoms. The van der Waals surface area contributed by atoms with E-state index in [1.54, 1.807) is 11.3 Å². The zero-order valence-electron chi connectivity index (χ0n) is 8.25. The highest BCUT2D eigenvalue weighted by atomic mass is 35.5. The van der Waals surface area contributed by atoms with E-state index in [2.05, 4.69) is 30.8 Å². The molecule has 2 nitrogen and oxygen atoms in total. The van der Waals surface area contributed by atoms with Crippen LogP contribution in [0.1, 0.15) is 19.5 Å². The van der Waals surface area contributed by atoms with Crippen LogP contribution in [0.2, 0.25) is 0 Å². The van der Waals surface area contributed by atoms with E-state index in [1.165, 1.54) is 0 Å². The molecule has 0 unspecified atom stereocenters. The number of hydrogen-bond donors (Lipinski definition) is 0. The molecule has 0 N–H and O–H groups in total. The Kier molecular flexibility index (Phi) is 4.00. The number of thiazole rings is 1. The summed E-state index contributed by atoms with van der Waals surface area (Å²) >= 11 is 7.33. The first-order valence-corrected chi connectivity index (χ1v) is 5.76. The molecule has 0 bridgehead atoms. The number of nitrogens with zero attached hydrogens (tertiary/aromatic N) is 2. The van der Waals surface area contributed by atoms with Crippen molar-refractivity contribution in [1.29, 1.82) is 0 Å². The van der Waals surface area contributed by atoms with E-state index in [0.29, 0.717) is 11.8 Å². The second kappa shape index (κ2) is 4.82. The maximum Gasteiger partial charge on any atom is 0.185 e. The predicted octanol–water partition coefficient (Wildman–Crippen LogP) is 2.97. The first kappa shape index (κ1) is 10.8. The first-order chi connectivity index (χ1) is 6.13. The monoisotopic (exact) mass is 218 g/mol. The quantitative estimate of drug-likeness (QED) is 0.723. The third-order valence-corrected chi connectivity index (χ3v) is 2.92. The van der Waals surface area contributed by atoms with Crippen molar-refractivity contribution < 1.29 is 0 Å². The van der Waals surface area contributed by atoms with Crippen molar-refractivity contribution in [2.45, 2.75) is 19.7 Å². The van der Waals surface area contributed by atoms with Gasteiger partial charge in [-0.2, -0.15) is 0 Å². The summed E-state index contributed by atoms with van der Waals surface area (Å²) in [6.45, 7) is 5.44. The van der Waals surface area contributed by atoms with Crippen molar-refractivity contribution in [3.05, 3.63) is 11.1 Å². The Bertz CT molecular complexity index is 260. The third-order valence-electron chi connectivity index (χ3n) is 1.64. The Balaban J connectivity index is 2.60. The number of rotatable bonds is 4. The summed E-state index contributed by atoms with van der Waals surface area (Å²) in [6.07, 6.45) is 0. The van der Waals surface area contributed by atoms with Gasteiger partial charge in [-0.3, -0.25) is 0 Å². The van der Waals surface area contributed by atoms with Crippen LogP contribution in [0, 0.1) is 5.92 Å². The molecule has 13 heavy (non-hydrogen) atoms. The molecule has 0 aromatic carbocycles. The highest BCUT2D eigenvalue weighted by Crippen LogP contribution is 2.20. The maximum atomic E-state index is 5.68. The molecule has 0 aliphatic rings. The van der Waals surface area contributed by atoms with Crippen LogP contribution in [0.15, 0.2) is 5.38 Å². The van der Waals surface area contributed by atoms with Crippen LogP contribution in [0.25, 0.3) is 0 Å². The molecule has 0 aliphatic carbocycles. The van der Waals surface area contributed by atoms with E-state index in [1.807, 2.05) is 5.38 Å². The van der Waals surface area contributed by atoms with E-state index in [4.69, 9.17) is 11.6 Å². The van der Waals surface area contributed by atoms with E-state index < -0.39 is 0 Å². The molecular weight excluding hydrogens is 204 g/mol. The molecule has 0 spiro atoms. The lowest BCUT2D eigenvalue weighted by molar-refractivity contribution is 0.637. The van der Waals surface area contributed by atoms with Crippen LogP contribution in [-0.2, 0) is 5.88 Å². The third kappa shape index (κ3) is 3.16. The van der Waals surface area contributed by atoms with Crippen molar-refractivity contribution in [3.63, 3.8) is 0 Å². The maximum absolute atomic E-state index is 5.68. The number of aromatic nitrogens is 1. The van der Waals surface area contributed by atoms with Gasteiger partial charge in [-0.1, -0.05) is 13.8 Å². The molecule has 1 rings (SSSR count). The second-order valence-corrected chi connectivity index (χ2v) is 4.63. The molecule has 1 heterocycles. The number of hydrogen-bond acceptors (Lipinski definition) is 3. The highest BCUT2D eigenvalue weighted by Gasteiger charge is 2.07. The van der Waals surface area contributed by atoms with Gasteiger partial charge in [0.2, 0.25) is 0 Å². The molecule has 1 aromatic heterocycles. The average molecular weight is 219 g/mol. The zero-order chi connectivity index (χ0) is 9.84. The van der Waals surface area contributed by atoms with Crippen LogP contribution in [-0.4, -0.2) is 18.6 Å². The summed E-state index contributed by atoms with van der Waals surface area (Å²) in [4.78, 5) is 6.57. The lowest BCUT2D eigenvalue weighted by Crippen LogP contribution is -2.22. The fourth-order valence-electron chi connectivity index (χ4n) is 1.16. The number of alkyl halides is 1. The van der Waals surface area contributed by atoms with E-state index >= 15 is 0 Å². The highest BCUT2D eigenvalue weighted by molar-refractivity contribution is 7.13. The van der Waals surface area contributed by atoms with Gasteiger partial charge < -0.3 is 4.90 Å². The number of halogens is 1. The molecule has 1 aromatic rings. The molecule has 0 atom stereocenters. The van der Waals surface area contributed by atoms with E-state index in [9.17, 15) is 0 Å². The van der Waals surface area contributed by atoms with Crippen molar-refractivity contribution in [3.8, 4) is 0 Å². The molecule has 74 valence electrons. The molecule has 0 fully saturated rings. The lowest BCUT2D eigenvalue weighted by atomic mass is 10.2. The largest absolute Gasteiger partial charge is 0.351 e. The van der Waals surface area contributed by atoms with Gasteiger partial charge in [-0.15, -0.1) is 22.9 Å². The Hall–Kier alpha value is -0.280. The lowest BCUT2D eigenvalue weighted by Gasteiger charge is -2.17. The smallest absolute Gasteiger partial charge is 0.185 e. The van der Waals surface area contributed by atoms with Crippen molar-refractivity contribution in [2.75, 3.05) is 18.5 Å². The summed E-state index contributed by atoms with van der Waals surface area (Å²) in [7, 11) is 2.07. The minimum Gasteiger partial charge on any atom is -0.351 e. The van der Waals surface area contributed by atoms with Gasteiger partial charge in [0.05, 0.1) is 11.6 Å². The first-order valence-electron chi connectivity index (χ1n) is 4.35. The Morgan fingerprint density at radius 2 is 2.31 bits per heavy atom. The molecule has 0 radical (unpaired) electrons. The standard InChI is InChI=1S/C9H15ClN2S/c1-7(2)5-12(3)9-11-8(4-10)6-13-9/h6-7H,4-5H2,1-3H3. The SMILES string of the molecule is CC(C)CN(C)c1nc(CCl)cs1. The van der Waals surface area contributed by atoms with Gasteiger partial charge in [0.25, 0.3) is 0 Å². The molecule has 0 saturated heterocycles. The van der Waals surface area contributed by atoms with Crippen LogP contribution in [0.5, 0.6) is 0 Å². The summed E-state index contributed by atoms with van der Waals surface area (Å²) in [5.74, 6) is 1.17. The average Bonchev–Trinajstić information content (AvgIpc) is 2.50. The van der Waals surface area contributed by atoms with Crippen LogP contribution >= 0.6 is 22.9 Å².